The zero-order chi connectivity index (χ0) is 13.5. The maximum atomic E-state index is 11.4. The van der Waals surface area contributed by atoms with E-state index in [4.69, 9.17) is 4.74 Å². The Hall–Kier alpha value is -1.06. The zero-order valence-corrected chi connectivity index (χ0v) is 11.6. The highest BCUT2D eigenvalue weighted by molar-refractivity contribution is 5.78. The van der Waals surface area contributed by atoms with Crippen molar-refractivity contribution in [3.63, 3.8) is 0 Å². The largest absolute Gasteiger partial charge is 0.444 e. The molecule has 0 bridgehead atoms. The molecule has 1 amide bonds. The second kappa shape index (κ2) is 7.30. The molecule has 0 heterocycles. The summed E-state index contributed by atoms with van der Waals surface area (Å²) in [7, 11) is 0. The predicted octanol–water partition coefficient (Wildman–Crippen LogP) is 2.91. The number of carbonyl (C=O) groups excluding carboxylic acids is 2. The van der Waals surface area contributed by atoms with Crippen LogP contribution in [0.4, 0.5) is 4.79 Å². The van der Waals surface area contributed by atoms with Crippen LogP contribution in [-0.2, 0) is 9.53 Å². The first-order valence-electron chi connectivity index (χ1n) is 6.19. The van der Waals surface area contributed by atoms with Gasteiger partial charge < -0.3 is 10.1 Å². The Morgan fingerprint density at radius 3 is 2.29 bits per heavy atom. The van der Waals surface area contributed by atoms with Crippen LogP contribution in [0.3, 0.4) is 0 Å². The van der Waals surface area contributed by atoms with Crippen LogP contribution >= 0.6 is 0 Å². The molecule has 0 atom stereocenters. The normalized spacial score (nSPS) is 11.4. The number of Topliss-reactive ketones (excluding diaryl/α,β-unsaturated/α-hetero) is 1. The standard InChI is InChI=1S/C13H25NO3/c1-10(2)9-11(15)7-6-8-14-12(16)17-13(3,4)5/h10H,6-9H2,1-5H3,(H,14,16). The lowest BCUT2D eigenvalue weighted by Crippen LogP contribution is -2.33. The summed E-state index contributed by atoms with van der Waals surface area (Å²) in [5, 5.41) is 2.63. The first-order valence-corrected chi connectivity index (χ1v) is 6.19. The van der Waals surface area contributed by atoms with Gasteiger partial charge in [0.2, 0.25) is 0 Å². The van der Waals surface area contributed by atoms with E-state index in [0.29, 0.717) is 31.7 Å². The molecule has 0 saturated carbocycles. The van der Waals surface area contributed by atoms with E-state index in [1.165, 1.54) is 0 Å². The number of alkyl carbamates (subject to hydrolysis) is 1. The van der Waals surface area contributed by atoms with Crippen molar-refractivity contribution in [1.29, 1.82) is 0 Å². The second-order valence-corrected chi connectivity index (χ2v) is 5.67. The minimum Gasteiger partial charge on any atom is -0.444 e. The van der Waals surface area contributed by atoms with E-state index in [1.54, 1.807) is 0 Å². The molecule has 0 aromatic carbocycles. The molecule has 0 fully saturated rings. The molecule has 0 radical (unpaired) electrons. The Morgan fingerprint density at radius 2 is 1.82 bits per heavy atom. The summed E-state index contributed by atoms with van der Waals surface area (Å²) in [5.74, 6) is 0.660. The van der Waals surface area contributed by atoms with Gasteiger partial charge in [0.25, 0.3) is 0 Å². The van der Waals surface area contributed by atoms with Crippen LogP contribution in [0, 0.1) is 5.92 Å². The van der Waals surface area contributed by atoms with Gasteiger partial charge in [-0.15, -0.1) is 0 Å². The van der Waals surface area contributed by atoms with Crippen LogP contribution in [0.15, 0.2) is 0 Å². The van der Waals surface area contributed by atoms with Gasteiger partial charge in [0.05, 0.1) is 0 Å². The number of ether oxygens (including phenoxy) is 1. The van der Waals surface area contributed by atoms with E-state index in [1.807, 2.05) is 34.6 Å². The summed E-state index contributed by atoms with van der Waals surface area (Å²) in [6.07, 6.45) is 1.39. The van der Waals surface area contributed by atoms with E-state index in [9.17, 15) is 9.59 Å². The van der Waals surface area contributed by atoms with Crippen molar-refractivity contribution in [3.8, 4) is 0 Å². The van der Waals surface area contributed by atoms with Crippen molar-refractivity contribution in [3.05, 3.63) is 0 Å². The highest BCUT2D eigenvalue weighted by atomic mass is 16.6. The number of nitrogens with one attached hydrogen (secondary N) is 1. The van der Waals surface area contributed by atoms with Crippen LogP contribution in [0.5, 0.6) is 0 Å². The van der Waals surface area contributed by atoms with Gasteiger partial charge >= 0.3 is 6.09 Å². The molecule has 0 aliphatic carbocycles. The van der Waals surface area contributed by atoms with Crippen LogP contribution in [0.25, 0.3) is 0 Å². The molecular weight excluding hydrogens is 218 g/mol. The second-order valence-electron chi connectivity index (χ2n) is 5.67. The van der Waals surface area contributed by atoms with Crippen LogP contribution in [-0.4, -0.2) is 24.0 Å². The Balaban J connectivity index is 3.58. The SMILES string of the molecule is CC(C)CC(=O)CCCNC(=O)OC(C)(C)C. The van der Waals surface area contributed by atoms with Gasteiger partial charge in [0.1, 0.15) is 11.4 Å². The minimum absolute atomic E-state index is 0.256. The zero-order valence-electron chi connectivity index (χ0n) is 11.6. The smallest absolute Gasteiger partial charge is 0.407 e. The lowest BCUT2D eigenvalue weighted by Gasteiger charge is -2.19. The van der Waals surface area contributed by atoms with Gasteiger partial charge in [-0.3, -0.25) is 4.79 Å². The predicted molar refractivity (Wildman–Crippen MR) is 67.9 cm³/mol. The molecule has 0 aromatic heterocycles. The monoisotopic (exact) mass is 243 g/mol. The van der Waals surface area contributed by atoms with Gasteiger partial charge in [0, 0.05) is 19.4 Å². The first kappa shape index (κ1) is 15.9. The number of rotatable bonds is 6. The molecule has 0 aliphatic heterocycles. The molecule has 4 heteroatoms. The maximum Gasteiger partial charge on any atom is 0.407 e. The molecule has 0 unspecified atom stereocenters. The molecule has 0 rings (SSSR count). The summed E-state index contributed by atoms with van der Waals surface area (Å²) >= 11 is 0. The lowest BCUT2D eigenvalue weighted by molar-refractivity contribution is -0.119. The Labute approximate surface area is 104 Å². The molecule has 0 saturated heterocycles. The minimum atomic E-state index is -0.475. The lowest BCUT2D eigenvalue weighted by atomic mass is 10.0. The van der Waals surface area contributed by atoms with Crippen molar-refractivity contribution in [2.75, 3.05) is 6.54 Å². The number of hydrogen-bond donors (Lipinski definition) is 1. The van der Waals surface area contributed by atoms with Crippen molar-refractivity contribution in [2.45, 2.75) is 59.5 Å². The fourth-order valence-corrected chi connectivity index (χ4v) is 1.35. The van der Waals surface area contributed by atoms with Gasteiger partial charge in [-0.25, -0.2) is 4.79 Å². The van der Waals surface area contributed by atoms with E-state index in [2.05, 4.69) is 5.32 Å². The van der Waals surface area contributed by atoms with Gasteiger partial charge in [0.15, 0.2) is 0 Å². The average molecular weight is 243 g/mol. The first-order chi connectivity index (χ1) is 7.70. The van der Waals surface area contributed by atoms with Crippen molar-refractivity contribution < 1.29 is 14.3 Å². The molecule has 1 N–H and O–H groups in total. The number of ketones is 1. The summed E-state index contributed by atoms with van der Waals surface area (Å²) in [5.41, 5.74) is -0.475. The maximum absolute atomic E-state index is 11.4. The molecule has 0 aliphatic rings. The van der Waals surface area contributed by atoms with Crippen LogP contribution in [0.2, 0.25) is 0 Å². The molecule has 0 aromatic rings. The highest BCUT2D eigenvalue weighted by Gasteiger charge is 2.15. The van der Waals surface area contributed by atoms with Crippen molar-refractivity contribution in [1.82, 2.24) is 5.32 Å². The summed E-state index contributed by atoms with van der Waals surface area (Å²) < 4.78 is 5.07. The molecule has 100 valence electrons. The van der Waals surface area contributed by atoms with Gasteiger partial charge in [-0.1, -0.05) is 13.8 Å². The Morgan fingerprint density at radius 1 is 1.24 bits per heavy atom. The fraction of sp³-hybridized carbons (Fsp3) is 0.846. The summed E-state index contributed by atoms with van der Waals surface area (Å²) in [4.78, 5) is 22.6. The molecule has 17 heavy (non-hydrogen) atoms. The van der Waals surface area contributed by atoms with Crippen LogP contribution in [0.1, 0.15) is 53.9 Å². The third-order valence-corrected chi connectivity index (χ3v) is 1.94. The average Bonchev–Trinajstić information content (AvgIpc) is 2.08. The third-order valence-electron chi connectivity index (χ3n) is 1.94. The van der Waals surface area contributed by atoms with Crippen molar-refractivity contribution >= 4 is 11.9 Å². The number of carbonyl (C=O) groups is 2. The van der Waals surface area contributed by atoms with E-state index >= 15 is 0 Å². The van der Waals surface area contributed by atoms with Crippen LogP contribution < -0.4 is 5.32 Å². The molecule has 4 nitrogen and oxygen atoms in total. The topological polar surface area (TPSA) is 55.4 Å². The van der Waals surface area contributed by atoms with E-state index in [0.717, 1.165) is 0 Å². The Bertz CT molecular complexity index is 254. The number of amides is 1. The summed E-state index contributed by atoms with van der Waals surface area (Å²) in [6.45, 7) is 9.99. The van der Waals surface area contributed by atoms with Gasteiger partial charge in [-0.05, 0) is 33.1 Å². The molecule has 0 spiro atoms. The Kier molecular flexibility index (Phi) is 6.85. The van der Waals surface area contributed by atoms with E-state index < -0.39 is 11.7 Å². The highest BCUT2D eigenvalue weighted by Crippen LogP contribution is 2.07. The quantitative estimate of drug-likeness (QED) is 0.730. The fourth-order valence-electron chi connectivity index (χ4n) is 1.35. The van der Waals surface area contributed by atoms with E-state index in [-0.39, 0.29) is 5.78 Å². The third kappa shape index (κ3) is 11.2. The number of hydrogen-bond acceptors (Lipinski definition) is 3. The molecular formula is C13H25NO3. The van der Waals surface area contributed by atoms with Gasteiger partial charge in [-0.2, -0.15) is 0 Å². The summed E-state index contributed by atoms with van der Waals surface area (Å²) in [6, 6.07) is 0. The van der Waals surface area contributed by atoms with Crippen molar-refractivity contribution in [2.24, 2.45) is 5.92 Å².